The zero-order chi connectivity index (χ0) is 16.3. The van der Waals surface area contributed by atoms with E-state index in [0.29, 0.717) is 0 Å². The van der Waals surface area contributed by atoms with Gasteiger partial charge < -0.3 is 11.5 Å². The van der Waals surface area contributed by atoms with Crippen LogP contribution >= 0.6 is 0 Å². The second kappa shape index (κ2) is 10.8. The first-order chi connectivity index (χ1) is 10.1. The average molecular weight is 286 g/mol. The fourth-order valence-corrected chi connectivity index (χ4v) is 1.89. The molecule has 0 saturated carbocycles. The summed E-state index contributed by atoms with van der Waals surface area (Å²) in [5.74, 6) is 0. The smallest absolute Gasteiger partial charge is 0.0316 e. The van der Waals surface area contributed by atoms with Crippen LogP contribution in [-0.2, 0) is 12.8 Å². The van der Waals surface area contributed by atoms with Crippen LogP contribution in [0.5, 0.6) is 0 Å². The van der Waals surface area contributed by atoms with Crippen molar-refractivity contribution in [2.75, 3.05) is 11.5 Å². The maximum atomic E-state index is 5.60. The van der Waals surface area contributed by atoms with Gasteiger partial charge in [0.2, 0.25) is 0 Å². The van der Waals surface area contributed by atoms with E-state index in [1.807, 2.05) is 44.2 Å². The topological polar surface area (TPSA) is 52.0 Å². The number of benzene rings is 2. The molecule has 2 aromatic carbocycles. The predicted molar refractivity (Wildman–Crippen MR) is 96.5 cm³/mol. The van der Waals surface area contributed by atoms with Gasteiger partial charge in [-0.3, -0.25) is 0 Å². The van der Waals surface area contributed by atoms with Crippen LogP contribution in [-0.4, -0.2) is 0 Å². The van der Waals surface area contributed by atoms with Crippen molar-refractivity contribution in [1.82, 2.24) is 0 Å². The zero-order valence-electron chi connectivity index (χ0n) is 14.1. The van der Waals surface area contributed by atoms with Crippen LogP contribution in [0.25, 0.3) is 0 Å². The van der Waals surface area contributed by atoms with Crippen LogP contribution in [0.2, 0.25) is 0 Å². The molecule has 4 N–H and O–H groups in total. The molecule has 0 aliphatic heterocycles. The van der Waals surface area contributed by atoms with Crippen LogP contribution in [0.3, 0.4) is 0 Å². The molecule has 2 aromatic rings. The molecular formula is C19H30N2. The summed E-state index contributed by atoms with van der Waals surface area (Å²) in [6.07, 6.45) is 2.13. The minimum absolute atomic E-state index is 0.856. The van der Waals surface area contributed by atoms with Crippen molar-refractivity contribution in [2.24, 2.45) is 0 Å². The maximum absolute atomic E-state index is 5.60. The molecule has 2 heteroatoms. The van der Waals surface area contributed by atoms with Crippen molar-refractivity contribution in [2.45, 2.75) is 47.5 Å². The Morgan fingerprint density at radius 2 is 1.43 bits per heavy atom. The highest BCUT2D eigenvalue weighted by atomic mass is 14.5. The summed E-state index contributed by atoms with van der Waals surface area (Å²) in [7, 11) is 0. The van der Waals surface area contributed by atoms with E-state index < -0.39 is 0 Å². The van der Waals surface area contributed by atoms with E-state index in [1.165, 1.54) is 16.7 Å². The Morgan fingerprint density at radius 3 is 1.86 bits per heavy atom. The van der Waals surface area contributed by atoms with Gasteiger partial charge in [0, 0.05) is 11.4 Å². The van der Waals surface area contributed by atoms with Gasteiger partial charge in [0.05, 0.1) is 0 Å². The Labute approximate surface area is 130 Å². The third-order valence-electron chi connectivity index (χ3n) is 3.11. The molecule has 2 nitrogen and oxygen atoms in total. The number of nitrogen functional groups attached to an aromatic ring is 2. The molecule has 0 saturated heterocycles. The van der Waals surface area contributed by atoms with Crippen LogP contribution in [0.4, 0.5) is 11.4 Å². The van der Waals surface area contributed by atoms with Gasteiger partial charge >= 0.3 is 0 Å². The van der Waals surface area contributed by atoms with E-state index >= 15 is 0 Å². The molecule has 0 radical (unpaired) electrons. The highest BCUT2D eigenvalue weighted by Gasteiger charge is 1.93. The fourth-order valence-electron chi connectivity index (χ4n) is 1.89. The number of rotatable bonds is 2. The minimum Gasteiger partial charge on any atom is -0.399 e. The summed E-state index contributed by atoms with van der Waals surface area (Å²) in [6, 6.07) is 14.0. The van der Waals surface area contributed by atoms with Gasteiger partial charge in [-0.2, -0.15) is 0 Å². The van der Waals surface area contributed by atoms with Crippen molar-refractivity contribution < 1.29 is 0 Å². The van der Waals surface area contributed by atoms with Gasteiger partial charge in [0.1, 0.15) is 0 Å². The van der Waals surface area contributed by atoms with Crippen LogP contribution in [0.1, 0.15) is 44.4 Å². The lowest BCUT2D eigenvalue weighted by molar-refractivity contribution is 1.11. The van der Waals surface area contributed by atoms with Gasteiger partial charge in [-0.05, 0) is 60.7 Å². The van der Waals surface area contributed by atoms with Crippen molar-refractivity contribution in [1.29, 1.82) is 0 Å². The Hall–Kier alpha value is -1.96. The molecule has 0 aromatic heterocycles. The molecule has 0 fully saturated rings. The lowest BCUT2D eigenvalue weighted by atomic mass is 10.1. The predicted octanol–water partition coefficient (Wildman–Crippen LogP) is 5.00. The highest BCUT2D eigenvalue weighted by molar-refractivity contribution is 5.44. The first-order valence-electron chi connectivity index (χ1n) is 7.76. The zero-order valence-corrected chi connectivity index (χ0v) is 14.1. The van der Waals surface area contributed by atoms with Crippen molar-refractivity contribution in [3.63, 3.8) is 0 Å². The Morgan fingerprint density at radius 1 is 0.810 bits per heavy atom. The van der Waals surface area contributed by atoms with Gasteiger partial charge in [0.15, 0.2) is 0 Å². The largest absolute Gasteiger partial charge is 0.399 e. The normalized spacial score (nSPS) is 9.00. The Kier molecular flexibility index (Phi) is 9.78. The molecule has 21 heavy (non-hydrogen) atoms. The highest BCUT2D eigenvalue weighted by Crippen LogP contribution is 2.12. The van der Waals surface area contributed by atoms with E-state index in [4.69, 9.17) is 11.5 Å². The van der Waals surface area contributed by atoms with Crippen LogP contribution in [0.15, 0.2) is 42.5 Å². The molecule has 0 aliphatic rings. The summed E-state index contributed by atoms with van der Waals surface area (Å²) in [5.41, 5.74) is 16.8. The number of hydrogen-bond acceptors (Lipinski definition) is 2. The molecule has 0 spiro atoms. The minimum atomic E-state index is 0.856. The third kappa shape index (κ3) is 7.40. The molecule has 116 valence electrons. The van der Waals surface area contributed by atoms with E-state index in [2.05, 4.69) is 32.9 Å². The summed E-state index contributed by atoms with van der Waals surface area (Å²) >= 11 is 0. The van der Waals surface area contributed by atoms with E-state index in [-0.39, 0.29) is 0 Å². The monoisotopic (exact) mass is 286 g/mol. The Balaban J connectivity index is 0.000000342. The first kappa shape index (κ1) is 19.0. The second-order valence-electron chi connectivity index (χ2n) is 4.64. The quantitative estimate of drug-likeness (QED) is 0.763. The molecule has 0 amide bonds. The summed E-state index contributed by atoms with van der Waals surface area (Å²) < 4.78 is 0. The van der Waals surface area contributed by atoms with Gasteiger partial charge in [-0.1, -0.05) is 45.9 Å². The molecule has 0 atom stereocenters. The molecule has 0 unspecified atom stereocenters. The van der Waals surface area contributed by atoms with Gasteiger partial charge in [-0.25, -0.2) is 0 Å². The average Bonchev–Trinajstić information content (AvgIpc) is 2.52. The Bertz CT molecular complexity index is 519. The van der Waals surface area contributed by atoms with E-state index in [1.54, 1.807) is 0 Å². The SMILES string of the molecule is CC.CCc1cc(N)ccc1C.CCc1cccc(N)c1. The van der Waals surface area contributed by atoms with E-state index in [0.717, 1.165) is 24.2 Å². The van der Waals surface area contributed by atoms with Gasteiger partial charge in [-0.15, -0.1) is 0 Å². The third-order valence-corrected chi connectivity index (χ3v) is 3.11. The number of anilines is 2. The molecular weight excluding hydrogens is 256 g/mol. The first-order valence-corrected chi connectivity index (χ1v) is 7.76. The van der Waals surface area contributed by atoms with Crippen LogP contribution in [0, 0.1) is 6.92 Å². The molecule has 0 heterocycles. The standard InChI is InChI=1S/C9H13N.C8H11N.C2H6/c1-3-8-6-9(10)5-4-7(8)2;1-2-7-4-3-5-8(9)6-7;1-2/h4-6H,3,10H2,1-2H3;3-6H,2,9H2,1H3;1-2H3. The van der Waals surface area contributed by atoms with Crippen LogP contribution < -0.4 is 11.5 Å². The maximum Gasteiger partial charge on any atom is 0.0316 e. The van der Waals surface area contributed by atoms with Crippen molar-refractivity contribution in [3.8, 4) is 0 Å². The molecule has 2 rings (SSSR count). The molecule has 0 aliphatic carbocycles. The summed E-state index contributed by atoms with van der Waals surface area (Å²) in [4.78, 5) is 0. The lowest BCUT2D eigenvalue weighted by Gasteiger charge is -2.02. The van der Waals surface area contributed by atoms with Crippen molar-refractivity contribution >= 4 is 11.4 Å². The number of nitrogens with two attached hydrogens (primary N) is 2. The number of hydrogen-bond donors (Lipinski definition) is 2. The number of aryl methyl sites for hydroxylation is 3. The lowest BCUT2D eigenvalue weighted by Crippen LogP contribution is -1.90. The second-order valence-corrected chi connectivity index (χ2v) is 4.64. The van der Waals surface area contributed by atoms with Gasteiger partial charge in [0.25, 0.3) is 0 Å². The van der Waals surface area contributed by atoms with Crippen molar-refractivity contribution in [3.05, 3.63) is 59.2 Å². The summed E-state index contributed by atoms with van der Waals surface area (Å²) in [5, 5.41) is 0. The van der Waals surface area contributed by atoms with E-state index in [9.17, 15) is 0 Å². The molecule has 0 bridgehead atoms. The summed E-state index contributed by atoms with van der Waals surface area (Å²) in [6.45, 7) is 10.4. The fraction of sp³-hybridized carbons (Fsp3) is 0.368.